The number of ether oxygens (including phenoxy) is 3. The molecule has 2 aromatic carbocycles. The minimum atomic E-state index is -0.515. The fourth-order valence-corrected chi connectivity index (χ4v) is 2.66. The minimum absolute atomic E-state index is 0.107. The number of allylic oxidation sites excluding steroid dienone is 1. The van der Waals surface area contributed by atoms with Crippen LogP contribution in [-0.4, -0.2) is 45.2 Å². The van der Waals surface area contributed by atoms with E-state index in [-0.39, 0.29) is 31.4 Å². The molecule has 8 heteroatoms. The number of hydrogen-bond acceptors (Lipinski definition) is 6. The van der Waals surface area contributed by atoms with Gasteiger partial charge in [-0.1, -0.05) is 24.3 Å². The molecule has 164 valence electrons. The van der Waals surface area contributed by atoms with E-state index < -0.39 is 5.97 Å². The fourth-order valence-electron chi connectivity index (χ4n) is 2.66. The summed E-state index contributed by atoms with van der Waals surface area (Å²) in [5.41, 5.74) is 2.34. The predicted octanol–water partition coefficient (Wildman–Crippen LogP) is 2.27. The van der Waals surface area contributed by atoms with Gasteiger partial charge in [-0.05, 0) is 41.8 Å². The molecular formula is C23H26N2O6. The van der Waals surface area contributed by atoms with Crippen molar-refractivity contribution in [1.29, 1.82) is 0 Å². The van der Waals surface area contributed by atoms with E-state index >= 15 is 0 Å². The molecule has 0 aliphatic carbocycles. The molecule has 0 atom stereocenters. The average molecular weight is 426 g/mol. The molecule has 0 fully saturated rings. The van der Waals surface area contributed by atoms with Crippen LogP contribution in [0.25, 0.3) is 0 Å². The summed E-state index contributed by atoms with van der Waals surface area (Å²) in [5.74, 6) is -0.135. The van der Waals surface area contributed by atoms with Crippen molar-refractivity contribution in [2.24, 2.45) is 0 Å². The number of anilines is 1. The van der Waals surface area contributed by atoms with E-state index in [1.165, 1.54) is 14.2 Å². The van der Waals surface area contributed by atoms with E-state index in [2.05, 4.69) is 21.9 Å². The van der Waals surface area contributed by atoms with Gasteiger partial charge in [0.1, 0.15) is 6.54 Å². The average Bonchev–Trinajstić information content (AvgIpc) is 2.78. The first kappa shape index (κ1) is 23.5. The Morgan fingerprint density at radius 2 is 1.68 bits per heavy atom. The molecular weight excluding hydrogens is 400 g/mol. The Kier molecular flexibility index (Phi) is 9.10. The number of carbonyl (C=O) groups excluding carboxylic acids is 3. The van der Waals surface area contributed by atoms with Gasteiger partial charge in [-0.3, -0.25) is 14.4 Å². The Balaban J connectivity index is 1.84. The minimum Gasteiger partial charge on any atom is -0.493 e. The third-order valence-corrected chi connectivity index (χ3v) is 4.23. The highest BCUT2D eigenvalue weighted by Crippen LogP contribution is 2.28. The van der Waals surface area contributed by atoms with Crippen LogP contribution in [0.4, 0.5) is 5.69 Å². The molecule has 31 heavy (non-hydrogen) atoms. The number of nitrogens with one attached hydrogen (secondary N) is 2. The van der Waals surface area contributed by atoms with Gasteiger partial charge in [0.25, 0.3) is 5.91 Å². The van der Waals surface area contributed by atoms with Gasteiger partial charge in [-0.25, -0.2) is 0 Å². The molecule has 0 saturated heterocycles. The lowest BCUT2D eigenvalue weighted by atomic mass is 10.1. The molecule has 0 heterocycles. The van der Waals surface area contributed by atoms with Crippen molar-refractivity contribution >= 4 is 23.5 Å². The van der Waals surface area contributed by atoms with E-state index in [9.17, 15) is 14.4 Å². The summed E-state index contributed by atoms with van der Waals surface area (Å²) in [5, 5.41) is 5.20. The maximum atomic E-state index is 12.2. The predicted molar refractivity (Wildman–Crippen MR) is 116 cm³/mol. The molecule has 0 bridgehead atoms. The molecule has 0 spiro atoms. The number of amides is 2. The first-order valence-corrected chi connectivity index (χ1v) is 9.58. The summed E-state index contributed by atoms with van der Waals surface area (Å²) in [7, 11) is 2.79. The summed E-state index contributed by atoms with van der Waals surface area (Å²) in [6.45, 7) is 3.35. The van der Waals surface area contributed by atoms with Gasteiger partial charge in [0.2, 0.25) is 5.91 Å². The smallest absolute Gasteiger partial charge is 0.325 e. The van der Waals surface area contributed by atoms with E-state index in [4.69, 9.17) is 9.47 Å². The van der Waals surface area contributed by atoms with Crippen molar-refractivity contribution < 1.29 is 28.6 Å². The van der Waals surface area contributed by atoms with Crippen LogP contribution in [0.1, 0.15) is 11.1 Å². The number of hydrogen-bond donors (Lipinski definition) is 2. The van der Waals surface area contributed by atoms with Gasteiger partial charge in [0, 0.05) is 5.69 Å². The van der Waals surface area contributed by atoms with Crippen molar-refractivity contribution in [1.82, 2.24) is 5.32 Å². The van der Waals surface area contributed by atoms with Gasteiger partial charge in [0.15, 0.2) is 18.1 Å². The van der Waals surface area contributed by atoms with Crippen molar-refractivity contribution in [2.45, 2.75) is 12.8 Å². The van der Waals surface area contributed by atoms with E-state index in [1.807, 2.05) is 12.1 Å². The first-order valence-electron chi connectivity index (χ1n) is 9.58. The quantitative estimate of drug-likeness (QED) is 0.422. The standard InChI is InChI=1S/C23H26N2O6/c1-4-5-16-8-11-19(20(12-16)29-2)31-15-22(27)25-18-9-6-17(7-10-18)13-21(26)24-14-23(28)30-3/h4,6-12H,1,5,13-15H2,2-3H3,(H,24,26)(H,25,27). The number of carbonyl (C=O) groups is 3. The Morgan fingerprint density at radius 1 is 0.968 bits per heavy atom. The highest BCUT2D eigenvalue weighted by atomic mass is 16.5. The number of rotatable bonds is 11. The first-order chi connectivity index (χ1) is 14.9. The van der Waals surface area contributed by atoms with Crippen molar-refractivity contribution in [3.8, 4) is 11.5 Å². The lowest BCUT2D eigenvalue weighted by molar-refractivity contribution is -0.141. The zero-order valence-corrected chi connectivity index (χ0v) is 17.6. The van der Waals surface area contributed by atoms with Crippen LogP contribution < -0.4 is 20.1 Å². The SMILES string of the molecule is C=CCc1ccc(OCC(=O)Nc2ccc(CC(=O)NCC(=O)OC)cc2)c(OC)c1. The molecule has 8 nitrogen and oxygen atoms in total. The summed E-state index contributed by atoms with van der Waals surface area (Å²) in [6.07, 6.45) is 2.61. The fraction of sp³-hybridized carbons (Fsp3) is 0.261. The Bertz CT molecular complexity index is 924. The number of esters is 1. The van der Waals surface area contributed by atoms with Crippen LogP contribution in [-0.2, 0) is 32.0 Å². The monoisotopic (exact) mass is 426 g/mol. The van der Waals surface area contributed by atoms with Crippen LogP contribution in [0, 0.1) is 0 Å². The molecule has 0 aliphatic heterocycles. The summed E-state index contributed by atoms with van der Waals surface area (Å²) in [4.78, 5) is 35.0. The van der Waals surface area contributed by atoms with Crippen LogP contribution >= 0.6 is 0 Å². The molecule has 0 saturated carbocycles. The van der Waals surface area contributed by atoms with Gasteiger partial charge < -0.3 is 24.8 Å². The number of benzene rings is 2. The normalized spacial score (nSPS) is 10.0. The zero-order chi connectivity index (χ0) is 22.6. The van der Waals surface area contributed by atoms with Crippen LogP contribution in [0.2, 0.25) is 0 Å². The zero-order valence-electron chi connectivity index (χ0n) is 17.6. The van der Waals surface area contributed by atoms with Crippen molar-refractivity contribution in [3.05, 3.63) is 66.2 Å². The van der Waals surface area contributed by atoms with E-state index in [1.54, 1.807) is 36.4 Å². The highest BCUT2D eigenvalue weighted by Gasteiger charge is 2.10. The van der Waals surface area contributed by atoms with Gasteiger partial charge in [-0.15, -0.1) is 6.58 Å². The molecule has 0 unspecified atom stereocenters. The maximum absolute atomic E-state index is 12.2. The van der Waals surface area contributed by atoms with Crippen LogP contribution in [0.15, 0.2) is 55.1 Å². The lowest BCUT2D eigenvalue weighted by Crippen LogP contribution is -2.31. The molecule has 0 aromatic heterocycles. The molecule has 2 rings (SSSR count). The Labute approximate surface area is 181 Å². The summed E-state index contributed by atoms with van der Waals surface area (Å²) in [6, 6.07) is 12.3. The molecule has 2 aromatic rings. The largest absolute Gasteiger partial charge is 0.493 e. The summed E-state index contributed by atoms with van der Waals surface area (Å²) >= 11 is 0. The van der Waals surface area contributed by atoms with Crippen molar-refractivity contribution in [3.63, 3.8) is 0 Å². The molecule has 0 radical (unpaired) electrons. The topological polar surface area (TPSA) is 103 Å². The molecule has 2 N–H and O–H groups in total. The molecule has 2 amide bonds. The summed E-state index contributed by atoms with van der Waals surface area (Å²) < 4.78 is 15.4. The van der Waals surface area contributed by atoms with Crippen molar-refractivity contribution in [2.75, 3.05) is 32.7 Å². The van der Waals surface area contributed by atoms with Gasteiger partial charge >= 0.3 is 5.97 Å². The number of methoxy groups -OCH3 is 2. The second kappa shape index (κ2) is 12.0. The second-order valence-corrected chi connectivity index (χ2v) is 6.54. The van der Waals surface area contributed by atoms with Crippen LogP contribution in [0.3, 0.4) is 0 Å². The highest BCUT2D eigenvalue weighted by molar-refractivity contribution is 5.92. The van der Waals surface area contributed by atoms with E-state index in [0.717, 1.165) is 11.1 Å². The second-order valence-electron chi connectivity index (χ2n) is 6.54. The Hall–Kier alpha value is -3.81. The lowest BCUT2D eigenvalue weighted by Gasteiger charge is -2.12. The van der Waals surface area contributed by atoms with Gasteiger partial charge in [0.05, 0.1) is 20.6 Å². The van der Waals surface area contributed by atoms with E-state index in [0.29, 0.717) is 23.6 Å². The maximum Gasteiger partial charge on any atom is 0.325 e. The third kappa shape index (κ3) is 7.85. The van der Waals surface area contributed by atoms with Gasteiger partial charge in [-0.2, -0.15) is 0 Å². The third-order valence-electron chi connectivity index (χ3n) is 4.23. The molecule has 0 aliphatic rings. The Morgan fingerprint density at radius 3 is 2.32 bits per heavy atom. The van der Waals surface area contributed by atoms with Crippen LogP contribution in [0.5, 0.6) is 11.5 Å².